The molecule has 3 aromatic heterocycles. The van der Waals surface area contributed by atoms with Crippen LogP contribution in [0.5, 0.6) is 11.5 Å². The van der Waals surface area contributed by atoms with Gasteiger partial charge in [-0.05, 0) is 18.2 Å². The highest BCUT2D eigenvalue weighted by molar-refractivity contribution is 7.22. The summed E-state index contributed by atoms with van der Waals surface area (Å²) in [4.78, 5) is 5.44. The van der Waals surface area contributed by atoms with Crippen LogP contribution in [-0.2, 0) is 11.3 Å². The Bertz CT molecular complexity index is 1110. The van der Waals surface area contributed by atoms with Crippen molar-refractivity contribution in [2.45, 2.75) is 6.54 Å². The summed E-state index contributed by atoms with van der Waals surface area (Å²) in [5.41, 5.74) is 2.48. The average molecular weight is 398 g/mol. The summed E-state index contributed by atoms with van der Waals surface area (Å²) in [7, 11) is 3.41. The van der Waals surface area contributed by atoms with Crippen LogP contribution in [0.25, 0.3) is 20.7 Å². The minimum Gasteiger partial charge on any atom is -0.453 e. The molecule has 0 bridgehead atoms. The molecule has 1 N–H and O–H groups in total. The van der Waals surface area contributed by atoms with E-state index >= 15 is 0 Å². The Hall–Kier alpha value is -2.97. The molecule has 3 heterocycles. The van der Waals surface area contributed by atoms with Crippen molar-refractivity contribution in [2.75, 3.05) is 26.1 Å². The molecule has 0 spiro atoms. The normalized spacial score (nSPS) is 11.1. The van der Waals surface area contributed by atoms with Crippen molar-refractivity contribution in [1.82, 2.24) is 14.8 Å². The van der Waals surface area contributed by atoms with Crippen molar-refractivity contribution < 1.29 is 13.9 Å². The molecular weight excluding hydrogens is 379 g/mol. The summed E-state index contributed by atoms with van der Waals surface area (Å²) in [5, 5.41) is 7.26. The molecule has 0 unspecified atom stereocenters. The van der Waals surface area contributed by atoms with Gasteiger partial charge in [-0.1, -0.05) is 0 Å². The van der Waals surface area contributed by atoms with E-state index in [2.05, 4.69) is 15.4 Å². The third-order valence-corrected chi connectivity index (χ3v) is 5.45. The number of anilines is 1. The number of hydrogen-bond acceptors (Lipinski definition) is 6. The Morgan fingerprint density at radius 1 is 1.21 bits per heavy atom. The molecule has 0 aliphatic carbocycles. The Kier molecular flexibility index (Phi) is 5.23. The predicted molar refractivity (Wildman–Crippen MR) is 109 cm³/mol. The van der Waals surface area contributed by atoms with Gasteiger partial charge in [-0.3, -0.25) is 9.67 Å². The summed E-state index contributed by atoms with van der Waals surface area (Å²) in [6, 6.07) is 8.52. The van der Waals surface area contributed by atoms with E-state index < -0.39 is 5.82 Å². The van der Waals surface area contributed by atoms with Crippen LogP contribution in [-0.4, -0.2) is 35.5 Å². The first kappa shape index (κ1) is 18.4. The van der Waals surface area contributed by atoms with Gasteiger partial charge in [0.25, 0.3) is 0 Å². The number of pyridine rings is 1. The van der Waals surface area contributed by atoms with Crippen molar-refractivity contribution in [2.24, 2.45) is 0 Å². The van der Waals surface area contributed by atoms with Gasteiger partial charge in [0.2, 0.25) is 0 Å². The van der Waals surface area contributed by atoms with Crippen LogP contribution in [0.4, 0.5) is 10.1 Å². The maximum absolute atomic E-state index is 14.3. The number of methoxy groups -OCH3 is 1. The second kappa shape index (κ2) is 7.95. The first-order valence-electron chi connectivity index (χ1n) is 8.73. The van der Waals surface area contributed by atoms with Crippen LogP contribution < -0.4 is 10.1 Å². The smallest absolute Gasteiger partial charge is 0.167 e. The highest BCUT2D eigenvalue weighted by Crippen LogP contribution is 2.39. The third-order valence-electron chi connectivity index (χ3n) is 4.26. The van der Waals surface area contributed by atoms with Gasteiger partial charge in [-0.25, -0.2) is 4.39 Å². The first-order valence-corrected chi connectivity index (χ1v) is 9.55. The Labute approximate surface area is 165 Å². The lowest BCUT2D eigenvalue weighted by molar-refractivity contribution is 0.183. The minimum atomic E-state index is -0.423. The number of thiophene rings is 1. The molecule has 28 heavy (non-hydrogen) atoms. The molecule has 4 rings (SSSR count). The van der Waals surface area contributed by atoms with Crippen molar-refractivity contribution in [3.05, 3.63) is 54.7 Å². The number of nitrogens with one attached hydrogen (secondary N) is 1. The Morgan fingerprint density at radius 3 is 2.89 bits per heavy atom. The van der Waals surface area contributed by atoms with Crippen LogP contribution in [0.3, 0.4) is 0 Å². The van der Waals surface area contributed by atoms with Gasteiger partial charge >= 0.3 is 0 Å². The molecule has 4 aromatic rings. The second-order valence-electron chi connectivity index (χ2n) is 6.12. The van der Waals surface area contributed by atoms with E-state index in [1.165, 1.54) is 6.07 Å². The Morgan fingerprint density at radius 2 is 2.11 bits per heavy atom. The SMILES string of the molecule is CNc1ccc(Oc2ccnc3cc(-c4cnn(CCOC)c4)sc23)c(F)c1. The fraction of sp³-hybridized carbons (Fsp3) is 0.200. The first-order chi connectivity index (χ1) is 13.7. The van der Waals surface area contributed by atoms with Crippen LogP contribution in [0.1, 0.15) is 0 Å². The van der Waals surface area contributed by atoms with Crippen LogP contribution in [0.15, 0.2) is 48.9 Å². The van der Waals surface area contributed by atoms with Gasteiger partial charge in [-0.2, -0.15) is 5.10 Å². The van der Waals surface area contributed by atoms with Crippen LogP contribution >= 0.6 is 11.3 Å². The number of aromatic nitrogens is 3. The highest BCUT2D eigenvalue weighted by Gasteiger charge is 2.14. The van der Waals surface area contributed by atoms with Crippen LogP contribution in [0.2, 0.25) is 0 Å². The number of nitrogens with zero attached hydrogens (tertiary/aromatic N) is 3. The molecular formula is C20H19FN4O2S. The van der Waals surface area contributed by atoms with Crippen molar-refractivity contribution in [3.8, 4) is 21.9 Å². The lowest BCUT2D eigenvalue weighted by atomic mass is 10.2. The topological polar surface area (TPSA) is 61.2 Å². The number of rotatable bonds is 7. The zero-order chi connectivity index (χ0) is 19.5. The number of ether oxygens (including phenoxy) is 2. The molecule has 0 amide bonds. The van der Waals surface area contributed by atoms with E-state index in [4.69, 9.17) is 9.47 Å². The minimum absolute atomic E-state index is 0.175. The zero-order valence-corrected chi connectivity index (χ0v) is 16.3. The summed E-state index contributed by atoms with van der Waals surface area (Å²) < 4.78 is 27.9. The molecule has 0 aliphatic heterocycles. The van der Waals surface area contributed by atoms with Gasteiger partial charge in [0.1, 0.15) is 5.75 Å². The molecule has 0 atom stereocenters. The molecule has 6 nitrogen and oxygen atoms in total. The van der Waals surface area contributed by atoms with Gasteiger partial charge in [0.05, 0.1) is 29.6 Å². The van der Waals surface area contributed by atoms with Gasteiger partial charge in [-0.15, -0.1) is 11.3 Å². The lowest BCUT2D eigenvalue weighted by Gasteiger charge is -2.08. The number of benzene rings is 1. The molecule has 144 valence electrons. The van der Waals surface area contributed by atoms with Gasteiger partial charge in [0.15, 0.2) is 11.6 Å². The summed E-state index contributed by atoms with van der Waals surface area (Å²) in [5.74, 6) is 0.325. The maximum atomic E-state index is 14.3. The van der Waals surface area contributed by atoms with Crippen molar-refractivity contribution in [1.29, 1.82) is 0 Å². The monoisotopic (exact) mass is 398 g/mol. The summed E-state index contributed by atoms with van der Waals surface area (Å²) >= 11 is 1.54. The highest BCUT2D eigenvalue weighted by atomic mass is 32.1. The lowest BCUT2D eigenvalue weighted by Crippen LogP contribution is -2.03. The molecule has 8 heteroatoms. The maximum Gasteiger partial charge on any atom is 0.167 e. The third kappa shape index (κ3) is 3.69. The van der Waals surface area contributed by atoms with Crippen LogP contribution in [0, 0.1) is 5.82 Å². The number of halogens is 1. The standard InChI is InChI=1S/C20H19FN4O2S/c1-22-14-3-4-17(15(21)9-14)27-18-5-6-23-16-10-19(28-20(16)18)13-11-24-25(12-13)7-8-26-2/h3-6,9-12,22H,7-8H2,1-2H3. The van der Waals surface area contributed by atoms with E-state index in [9.17, 15) is 4.39 Å². The fourth-order valence-electron chi connectivity index (χ4n) is 2.79. The zero-order valence-electron chi connectivity index (χ0n) is 15.5. The number of hydrogen-bond donors (Lipinski definition) is 1. The van der Waals surface area contributed by atoms with Crippen molar-refractivity contribution >= 4 is 27.2 Å². The summed E-state index contributed by atoms with van der Waals surface area (Å²) in [6.45, 7) is 1.29. The van der Waals surface area contributed by atoms with E-state index in [1.54, 1.807) is 49.9 Å². The molecule has 0 saturated heterocycles. The fourth-order valence-corrected chi connectivity index (χ4v) is 3.83. The molecule has 1 aromatic carbocycles. The van der Waals surface area contributed by atoms with E-state index in [1.807, 2.05) is 23.1 Å². The van der Waals surface area contributed by atoms with E-state index in [0.717, 1.165) is 20.7 Å². The average Bonchev–Trinajstić information content (AvgIpc) is 3.35. The Balaban J connectivity index is 1.65. The van der Waals surface area contributed by atoms with E-state index in [0.29, 0.717) is 24.6 Å². The molecule has 0 fully saturated rings. The number of fused-ring (bicyclic) bond motifs is 1. The van der Waals surface area contributed by atoms with E-state index in [-0.39, 0.29) is 5.75 Å². The molecule has 0 aliphatic rings. The predicted octanol–water partition coefficient (Wildman–Crippen LogP) is 4.78. The van der Waals surface area contributed by atoms with Gasteiger partial charge in [0, 0.05) is 54.8 Å². The molecule has 0 saturated carbocycles. The van der Waals surface area contributed by atoms with Gasteiger partial charge < -0.3 is 14.8 Å². The molecule has 0 radical (unpaired) electrons. The summed E-state index contributed by atoms with van der Waals surface area (Å²) in [6.07, 6.45) is 5.45. The second-order valence-corrected chi connectivity index (χ2v) is 7.17. The van der Waals surface area contributed by atoms with Crippen molar-refractivity contribution in [3.63, 3.8) is 0 Å². The quantitative estimate of drug-likeness (QED) is 0.485. The largest absolute Gasteiger partial charge is 0.453 e.